The van der Waals surface area contributed by atoms with E-state index < -0.39 is 17.6 Å². The van der Waals surface area contributed by atoms with Crippen LogP contribution in [0.4, 0.5) is 15.8 Å². The van der Waals surface area contributed by atoms with Gasteiger partial charge in [-0.2, -0.15) is 5.26 Å². The molecule has 0 fully saturated rings. The Morgan fingerprint density at radius 3 is 2.58 bits per heavy atom. The molecule has 0 saturated heterocycles. The van der Waals surface area contributed by atoms with Crippen LogP contribution in [0.5, 0.6) is 5.75 Å². The van der Waals surface area contributed by atoms with E-state index in [-0.39, 0.29) is 41.3 Å². The zero-order valence-corrected chi connectivity index (χ0v) is 15.5. The van der Waals surface area contributed by atoms with Crippen molar-refractivity contribution < 1.29 is 18.7 Å². The largest absolute Gasteiger partial charge is 0.489 e. The number of carbonyl (C=O) groups excluding carboxylic acids is 2. The number of carbonyl (C=O) groups is 2. The molecule has 0 aliphatic carbocycles. The summed E-state index contributed by atoms with van der Waals surface area (Å²) < 4.78 is 20.4. The molecule has 0 unspecified atom stereocenters. The lowest BCUT2D eigenvalue weighted by Crippen LogP contribution is -2.17. The first-order valence-corrected chi connectivity index (χ1v) is 8.41. The second-order valence-corrected chi connectivity index (χ2v) is 6.40. The van der Waals surface area contributed by atoms with E-state index in [1.807, 2.05) is 28.7 Å². The van der Waals surface area contributed by atoms with Crippen LogP contribution in [0.1, 0.15) is 22.3 Å². The van der Waals surface area contributed by atoms with Gasteiger partial charge in [-0.3, -0.25) is 9.59 Å². The number of primary amides is 2. The molecule has 9 heteroatoms. The monoisotopic (exact) mass is 468 g/mol. The van der Waals surface area contributed by atoms with E-state index in [1.165, 1.54) is 24.3 Å². The number of nitrogens with one attached hydrogen (secondary N) is 1. The molecule has 0 aromatic heterocycles. The molecule has 2 amide bonds. The summed E-state index contributed by atoms with van der Waals surface area (Å²) in [6.07, 6.45) is -0.0942. The van der Waals surface area contributed by atoms with Crippen LogP contribution in [0.25, 0.3) is 0 Å². The predicted octanol–water partition coefficient (Wildman–Crippen LogP) is 2.40. The van der Waals surface area contributed by atoms with E-state index in [0.29, 0.717) is 3.57 Å². The van der Waals surface area contributed by atoms with Crippen LogP contribution < -0.4 is 21.5 Å². The van der Waals surface area contributed by atoms with Crippen molar-refractivity contribution in [2.45, 2.75) is 6.42 Å². The number of ether oxygens (including phenoxy) is 1. The van der Waals surface area contributed by atoms with Gasteiger partial charge in [0.15, 0.2) is 5.75 Å². The van der Waals surface area contributed by atoms with Gasteiger partial charge in [0, 0.05) is 3.57 Å². The predicted molar refractivity (Wildman–Crippen MR) is 101 cm³/mol. The summed E-state index contributed by atoms with van der Waals surface area (Å²) in [5.74, 6) is -1.95. The van der Waals surface area contributed by atoms with Crippen molar-refractivity contribution in [2.24, 2.45) is 11.5 Å². The van der Waals surface area contributed by atoms with Gasteiger partial charge >= 0.3 is 0 Å². The van der Waals surface area contributed by atoms with Gasteiger partial charge in [-0.1, -0.05) is 0 Å². The number of benzene rings is 2. The highest BCUT2D eigenvalue weighted by molar-refractivity contribution is 14.1. The molecule has 0 bridgehead atoms. The quantitative estimate of drug-likeness (QED) is 0.538. The van der Waals surface area contributed by atoms with Gasteiger partial charge in [0.05, 0.1) is 35.5 Å². The smallest absolute Gasteiger partial charge is 0.250 e. The molecule has 7 nitrogen and oxygen atoms in total. The summed E-state index contributed by atoms with van der Waals surface area (Å²) in [5, 5.41) is 12.1. The van der Waals surface area contributed by atoms with Crippen LogP contribution in [-0.2, 0) is 4.79 Å². The second-order valence-electron chi connectivity index (χ2n) is 5.15. The summed E-state index contributed by atoms with van der Waals surface area (Å²) in [6, 6.07) is 9.06. The molecular formula is C17H14FIN4O3. The first-order valence-electron chi connectivity index (χ1n) is 7.33. The summed E-state index contributed by atoms with van der Waals surface area (Å²) >= 11 is 1.96. The minimum Gasteiger partial charge on any atom is -0.489 e. The van der Waals surface area contributed by atoms with Gasteiger partial charge in [0.25, 0.3) is 5.91 Å². The molecule has 0 saturated carbocycles. The Morgan fingerprint density at radius 1 is 1.27 bits per heavy atom. The Balaban J connectivity index is 2.53. The summed E-state index contributed by atoms with van der Waals surface area (Å²) in [5.41, 5.74) is 10.7. The van der Waals surface area contributed by atoms with Gasteiger partial charge in [-0.05, 0) is 52.9 Å². The van der Waals surface area contributed by atoms with E-state index in [2.05, 4.69) is 5.32 Å². The van der Waals surface area contributed by atoms with E-state index in [1.54, 1.807) is 6.07 Å². The third-order valence-corrected chi connectivity index (χ3v) is 4.00. The Morgan fingerprint density at radius 2 is 2.00 bits per heavy atom. The lowest BCUT2D eigenvalue weighted by molar-refractivity contribution is -0.118. The van der Waals surface area contributed by atoms with Crippen molar-refractivity contribution in [1.82, 2.24) is 0 Å². The number of hydrogen-bond donors (Lipinski definition) is 3. The number of rotatable bonds is 7. The number of halogens is 2. The van der Waals surface area contributed by atoms with Crippen molar-refractivity contribution in [3.05, 3.63) is 50.8 Å². The number of nitrogens with two attached hydrogens (primary N) is 2. The lowest BCUT2D eigenvalue weighted by atomic mass is 10.1. The number of amides is 2. The second kappa shape index (κ2) is 8.48. The fraction of sp³-hybridized carbons (Fsp3) is 0.118. The lowest BCUT2D eigenvalue weighted by Gasteiger charge is -2.17. The van der Waals surface area contributed by atoms with Crippen LogP contribution in [0, 0.1) is 20.7 Å². The molecule has 26 heavy (non-hydrogen) atoms. The third kappa shape index (κ3) is 4.60. The number of hydrogen-bond acceptors (Lipinski definition) is 5. The van der Waals surface area contributed by atoms with Gasteiger partial charge in [-0.15, -0.1) is 0 Å². The molecule has 0 aliphatic heterocycles. The fourth-order valence-corrected chi connectivity index (χ4v) is 2.58. The molecule has 2 aromatic carbocycles. The Labute approximate surface area is 162 Å². The minimum atomic E-state index is -0.789. The molecular weight excluding hydrogens is 454 g/mol. The number of anilines is 2. The van der Waals surface area contributed by atoms with E-state index in [9.17, 15) is 19.2 Å². The maximum atomic E-state index is 14.2. The molecule has 0 atom stereocenters. The van der Waals surface area contributed by atoms with Crippen molar-refractivity contribution in [3.63, 3.8) is 0 Å². The van der Waals surface area contributed by atoms with Gasteiger partial charge in [-0.25, -0.2) is 4.39 Å². The van der Waals surface area contributed by atoms with Crippen molar-refractivity contribution in [2.75, 3.05) is 11.9 Å². The van der Waals surface area contributed by atoms with Gasteiger partial charge in [0.2, 0.25) is 5.91 Å². The highest BCUT2D eigenvalue weighted by Crippen LogP contribution is 2.35. The van der Waals surface area contributed by atoms with Crippen LogP contribution in [0.2, 0.25) is 0 Å². The van der Waals surface area contributed by atoms with Gasteiger partial charge < -0.3 is 21.5 Å². The highest BCUT2D eigenvalue weighted by atomic mass is 127. The molecule has 134 valence electrons. The fourth-order valence-electron chi connectivity index (χ4n) is 2.13. The minimum absolute atomic E-state index is 0.0102. The molecule has 2 rings (SSSR count). The first-order chi connectivity index (χ1) is 12.3. The number of nitriles is 1. The Kier molecular flexibility index (Phi) is 6.35. The van der Waals surface area contributed by atoms with Gasteiger partial charge in [0.1, 0.15) is 11.9 Å². The number of nitrogens with zero attached hydrogens (tertiary/aromatic N) is 1. The first kappa shape index (κ1) is 19.5. The Hall–Kier alpha value is -2.87. The molecule has 0 spiro atoms. The summed E-state index contributed by atoms with van der Waals surface area (Å²) in [7, 11) is 0. The summed E-state index contributed by atoms with van der Waals surface area (Å²) in [6.45, 7) is -0.115. The average molecular weight is 468 g/mol. The molecule has 5 N–H and O–H groups in total. The zero-order chi connectivity index (χ0) is 19.3. The van der Waals surface area contributed by atoms with E-state index in [4.69, 9.17) is 16.2 Å². The average Bonchev–Trinajstić information content (AvgIpc) is 2.57. The highest BCUT2D eigenvalue weighted by Gasteiger charge is 2.20. The SMILES string of the molecule is N#Cc1ccc(C(N)=O)c(Nc2ccc(I)cc2F)c1OCCC(N)=O. The van der Waals surface area contributed by atoms with Crippen LogP contribution in [-0.4, -0.2) is 18.4 Å². The maximum Gasteiger partial charge on any atom is 0.250 e. The van der Waals surface area contributed by atoms with E-state index in [0.717, 1.165) is 0 Å². The van der Waals surface area contributed by atoms with E-state index >= 15 is 0 Å². The van der Waals surface area contributed by atoms with Crippen LogP contribution >= 0.6 is 22.6 Å². The van der Waals surface area contributed by atoms with Crippen molar-refractivity contribution in [1.29, 1.82) is 5.26 Å². The maximum absolute atomic E-state index is 14.2. The van der Waals surface area contributed by atoms with Crippen molar-refractivity contribution in [3.8, 4) is 11.8 Å². The van der Waals surface area contributed by atoms with Crippen LogP contribution in [0.3, 0.4) is 0 Å². The van der Waals surface area contributed by atoms with Crippen molar-refractivity contribution >= 4 is 45.8 Å². The van der Waals surface area contributed by atoms with Crippen LogP contribution in [0.15, 0.2) is 30.3 Å². The zero-order valence-electron chi connectivity index (χ0n) is 13.4. The molecule has 0 aliphatic rings. The normalized spacial score (nSPS) is 10.0. The Bertz CT molecular complexity index is 912. The third-order valence-electron chi connectivity index (χ3n) is 3.33. The topological polar surface area (TPSA) is 131 Å². The summed E-state index contributed by atoms with van der Waals surface area (Å²) in [4.78, 5) is 22.7. The standard InChI is InChI=1S/C17H14FIN4O3/c18-12-7-10(19)2-4-13(12)23-15-11(17(22)25)3-1-9(8-20)16(15)26-6-5-14(21)24/h1-4,7,23H,5-6H2,(H2,21,24)(H2,22,25). The molecule has 0 radical (unpaired) electrons. The molecule has 2 aromatic rings. The molecule has 0 heterocycles.